The number of aromatic nitrogens is 1. The van der Waals surface area contributed by atoms with Gasteiger partial charge in [-0.05, 0) is 31.9 Å². The van der Waals surface area contributed by atoms with Crippen molar-refractivity contribution in [3.05, 3.63) is 96.9 Å². The third-order valence-corrected chi connectivity index (χ3v) is 5.14. The van der Waals surface area contributed by atoms with Gasteiger partial charge in [-0.2, -0.15) is 0 Å². The second-order valence-corrected chi connectivity index (χ2v) is 9.37. The van der Waals surface area contributed by atoms with E-state index in [0.717, 1.165) is 6.42 Å². The van der Waals surface area contributed by atoms with Crippen LogP contribution in [0.25, 0.3) is 0 Å². The zero-order chi connectivity index (χ0) is 29.2. The monoisotopic (exact) mass is 560 g/mol. The highest BCUT2D eigenvalue weighted by Gasteiger charge is 2.17. The number of pyridine rings is 1. The van der Waals surface area contributed by atoms with E-state index >= 15 is 0 Å². The maximum atomic E-state index is 11.9. The van der Waals surface area contributed by atoms with Gasteiger partial charge in [0.25, 0.3) is 0 Å². The first kappa shape index (κ1) is 35.5. The van der Waals surface area contributed by atoms with Crippen LogP contribution in [0.1, 0.15) is 65.2 Å². The summed E-state index contributed by atoms with van der Waals surface area (Å²) in [5.41, 5.74) is 4.75. The van der Waals surface area contributed by atoms with Crippen molar-refractivity contribution in [2.45, 2.75) is 65.2 Å². The number of nitrogens with zero attached hydrogens (tertiary/aromatic N) is 1. The lowest BCUT2D eigenvalue weighted by Gasteiger charge is -2.02. The lowest BCUT2D eigenvalue weighted by atomic mass is 10.1. The summed E-state index contributed by atoms with van der Waals surface area (Å²) in [4.78, 5) is 40.9. The van der Waals surface area contributed by atoms with Gasteiger partial charge in [-0.15, -0.1) is 0 Å². The van der Waals surface area contributed by atoms with E-state index in [2.05, 4.69) is 40.4 Å². The molecule has 0 aromatic carbocycles. The third kappa shape index (κ3) is 25.9. The molecular formula is C29H41N2O7P. The van der Waals surface area contributed by atoms with E-state index in [1.807, 2.05) is 42.5 Å². The Kier molecular flexibility index (Phi) is 21.5. The number of allylic oxidation sites excluding steroid dienone is 11. The first-order valence-electron chi connectivity index (χ1n) is 12.8. The smallest absolute Gasteiger partial charge is 0.422 e. The molecule has 1 aromatic rings. The fourth-order valence-corrected chi connectivity index (χ4v) is 3.06. The quantitative estimate of drug-likeness (QED) is 0.0641. The van der Waals surface area contributed by atoms with Crippen LogP contribution in [0.2, 0.25) is 0 Å². The van der Waals surface area contributed by atoms with Gasteiger partial charge in [-0.25, -0.2) is 14.2 Å². The minimum atomic E-state index is -4.70. The molecule has 39 heavy (non-hydrogen) atoms. The molecule has 0 bridgehead atoms. The first-order valence-corrected chi connectivity index (χ1v) is 14.4. The Morgan fingerprint density at radius 2 is 1.49 bits per heavy atom. The van der Waals surface area contributed by atoms with Gasteiger partial charge < -0.3 is 15.0 Å². The largest absolute Gasteiger partial charge is 0.528 e. The van der Waals surface area contributed by atoms with Crippen molar-refractivity contribution in [2.24, 2.45) is 5.73 Å². The molecule has 1 amide bonds. The minimum Gasteiger partial charge on any atom is -0.422 e. The second kappa shape index (κ2) is 23.6. The number of hydrogen-bond acceptors (Lipinski definition) is 6. The summed E-state index contributed by atoms with van der Waals surface area (Å²) in [6, 6.07) is 3.42. The third-order valence-electron chi connectivity index (χ3n) is 4.72. The molecule has 10 heteroatoms. The number of phosphoric acid groups is 1. The Hall–Kier alpha value is -3.52. The van der Waals surface area contributed by atoms with Gasteiger partial charge in [-0.3, -0.25) is 14.8 Å². The van der Waals surface area contributed by atoms with Gasteiger partial charge in [0.15, 0.2) is 0 Å². The van der Waals surface area contributed by atoms with E-state index in [0.29, 0.717) is 11.3 Å². The number of hydrogen-bond donors (Lipinski definition) is 3. The zero-order valence-corrected chi connectivity index (χ0v) is 23.6. The molecule has 4 N–H and O–H groups in total. The normalized spacial score (nSPS) is 12.5. The molecule has 0 radical (unpaired) electrons. The predicted octanol–water partition coefficient (Wildman–Crippen LogP) is 7.03. The lowest BCUT2D eigenvalue weighted by molar-refractivity contribution is -0.130. The molecule has 0 aliphatic carbocycles. The molecule has 214 valence electrons. The Morgan fingerprint density at radius 1 is 0.923 bits per heavy atom. The van der Waals surface area contributed by atoms with Crippen molar-refractivity contribution in [3.8, 4) is 5.75 Å². The highest BCUT2D eigenvalue weighted by molar-refractivity contribution is 7.46. The topological polar surface area (TPSA) is 149 Å². The predicted molar refractivity (Wildman–Crippen MR) is 155 cm³/mol. The molecule has 0 fully saturated rings. The van der Waals surface area contributed by atoms with Gasteiger partial charge in [0.1, 0.15) is 5.75 Å². The number of amides is 1. The van der Waals surface area contributed by atoms with Crippen LogP contribution >= 0.6 is 7.82 Å². The molecule has 0 saturated heterocycles. The molecule has 0 atom stereocenters. The van der Waals surface area contributed by atoms with Crippen molar-refractivity contribution < 1.29 is 33.2 Å². The van der Waals surface area contributed by atoms with Gasteiger partial charge in [0.2, 0.25) is 0 Å². The number of nitrogens with two attached hydrogens (primary N) is 1. The molecule has 1 rings (SSSR count). The minimum absolute atomic E-state index is 0.383. The highest BCUT2D eigenvalue weighted by atomic mass is 31.2. The molecule has 0 aliphatic rings. The van der Waals surface area contributed by atoms with Crippen molar-refractivity contribution in [2.75, 3.05) is 0 Å². The van der Waals surface area contributed by atoms with Crippen LogP contribution in [0.5, 0.6) is 5.75 Å². The van der Waals surface area contributed by atoms with Gasteiger partial charge >= 0.3 is 19.9 Å². The van der Waals surface area contributed by atoms with E-state index in [-0.39, 0.29) is 5.97 Å². The average Bonchev–Trinajstić information content (AvgIpc) is 2.87. The van der Waals surface area contributed by atoms with Gasteiger partial charge in [0, 0.05) is 11.8 Å². The highest BCUT2D eigenvalue weighted by Crippen LogP contribution is 2.35. The summed E-state index contributed by atoms with van der Waals surface area (Å²) in [5.74, 6) is 0.0571. The van der Waals surface area contributed by atoms with E-state index in [9.17, 15) is 14.2 Å². The van der Waals surface area contributed by atoms with E-state index in [1.165, 1.54) is 51.1 Å². The van der Waals surface area contributed by atoms with E-state index in [1.54, 1.807) is 31.3 Å². The van der Waals surface area contributed by atoms with Crippen LogP contribution < -0.4 is 10.5 Å². The number of ether oxygens (including phenoxy) is 1. The zero-order valence-electron chi connectivity index (χ0n) is 22.7. The Balaban J connectivity index is 0.00000156. The molecule has 0 aliphatic heterocycles. The number of unbranched alkanes of at least 4 members (excludes halogenated alkanes) is 7. The summed E-state index contributed by atoms with van der Waals surface area (Å²) in [5, 5.41) is 0. The maximum absolute atomic E-state index is 11.9. The molecule has 0 unspecified atom stereocenters. The number of esters is 1. The molecule has 0 spiro atoms. The number of carbonyl (C=O) groups is 2. The summed E-state index contributed by atoms with van der Waals surface area (Å²) in [6.07, 6.45) is 34.0. The number of carbonyl (C=O) groups excluding carboxylic acids is 2. The summed E-state index contributed by atoms with van der Waals surface area (Å²) >= 11 is 0. The molecule has 1 heterocycles. The lowest BCUT2D eigenvalue weighted by Crippen LogP contribution is -2.10. The van der Waals surface area contributed by atoms with Crippen molar-refractivity contribution in [1.82, 2.24) is 4.98 Å². The van der Waals surface area contributed by atoms with Crippen molar-refractivity contribution >= 4 is 19.9 Å². The molecule has 1 aromatic heterocycles. The summed E-state index contributed by atoms with van der Waals surface area (Å²) in [7, 11) is -4.70. The molecular weight excluding hydrogens is 519 g/mol. The number of phosphoric ester groups is 1. The van der Waals surface area contributed by atoms with Gasteiger partial charge in [-0.1, -0.05) is 112 Å². The van der Waals surface area contributed by atoms with Crippen LogP contribution in [-0.4, -0.2) is 26.8 Å². The van der Waals surface area contributed by atoms with Crippen molar-refractivity contribution in [3.63, 3.8) is 0 Å². The van der Waals surface area contributed by atoms with Crippen molar-refractivity contribution in [1.29, 1.82) is 0 Å². The fraction of sp³-hybridized carbons (Fsp3) is 0.345. The van der Waals surface area contributed by atoms with Crippen LogP contribution in [0.15, 0.2) is 96.9 Å². The van der Waals surface area contributed by atoms with Crippen LogP contribution in [0, 0.1) is 0 Å². The van der Waals surface area contributed by atoms with E-state index in [4.69, 9.17) is 14.5 Å². The Labute approximate surface area is 231 Å². The number of rotatable bonds is 16. The van der Waals surface area contributed by atoms with Crippen LogP contribution in [-0.2, 0) is 13.9 Å². The molecule has 9 nitrogen and oxygen atoms in total. The van der Waals surface area contributed by atoms with E-state index < -0.39 is 13.9 Å². The fourth-order valence-electron chi connectivity index (χ4n) is 2.82. The Morgan fingerprint density at radius 3 is 2.00 bits per heavy atom. The first-order chi connectivity index (χ1) is 18.7. The summed E-state index contributed by atoms with van der Waals surface area (Å²) < 4.78 is 18.1. The molecule has 0 saturated carbocycles. The second-order valence-electron chi connectivity index (χ2n) is 8.21. The van der Waals surface area contributed by atoms with Crippen LogP contribution in [0.3, 0.4) is 0 Å². The SMILES string of the molecule is CCCCCCCCCC=CC=CC=CC=CC=CC=C(C)C(=O)Oc1cccnc1.NC(=O)OP(=O)(O)O. The number of primary amides is 1. The van der Waals surface area contributed by atoms with Crippen LogP contribution in [0.4, 0.5) is 4.79 Å². The average molecular weight is 561 g/mol. The maximum Gasteiger partial charge on any atom is 0.528 e. The standard InChI is InChI=1S/C28H37NO2.CH4NO5P/c1-3-4-5-6-7-8-9-10-11-12-13-14-15-16-17-18-19-20-22-26(2)28(30)31-27-23-21-24-29-25-27;2-1(3)7-8(4,5)6/h11-25H,3-10H2,1-2H3;(H2,2,3)(H2,4,5,6). The Bertz CT molecular complexity index is 1040. The van der Waals surface area contributed by atoms with Gasteiger partial charge in [0.05, 0.1) is 6.20 Å². The summed E-state index contributed by atoms with van der Waals surface area (Å²) in [6.45, 7) is 3.98.